The number of nitrogens with zero attached hydrogens (tertiary/aromatic N) is 1. The van der Waals surface area contributed by atoms with Crippen molar-refractivity contribution in [2.24, 2.45) is 0 Å². The summed E-state index contributed by atoms with van der Waals surface area (Å²) in [5.74, 6) is 0. The standard InChI is InChI=1S/C15H21NO4S/c1-12-5-3-4-6-14(12)21(17,18)16-10-15(11-16)9-13(19-2)7-8-20-15/h3-6,13H,7-11H2,1-2H3. The van der Waals surface area contributed by atoms with Gasteiger partial charge in [-0.25, -0.2) is 8.42 Å². The Hall–Kier alpha value is -0.950. The Kier molecular flexibility index (Phi) is 3.81. The molecule has 2 heterocycles. The highest BCUT2D eigenvalue weighted by Gasteiger charge is 2.52. The monoisotopic (exact) mass is 311 g/mol. The van der Waals surface area contributed by atoms with Crippen molar-refractivity contribution in [3.05, 3.63) is 29.8 Å². The molecule has 2 aliphatic heterocycles. The lowest BCUT2D eigenvalue weighted by Gasteiger charge is -2.52. The Labute approximate surface area is 125 Å². The first kappa shape index (κ1) is 15.0. The van der Waals surface area contributed by atoms with Crippen LogP contribution >= 0.6 is 0 Å². The predicted molar refractivity (Wildman–Crippen MR) is 78.7 cm³/mol. The second-order valence-corrected chi connectivity index (χ2v) is 7.83. The summed E-state index contributed by atoms with van der Waals surface area (Å²) in [7, 11) is -1.72. The van der Waals surface area contributed by atoms with Crippen molar-refractivity contribution in [2.45, 2.75) is 36.4 Å². The Balaban J connectivity index is 1.75. The third kappa shape index (κ3) is 2.61. The van der Waals surface area contributed by atoms with Crippen LogP contribution in [-0.2, 0) is 19.5 Å². The van der Waals surface area contributed by atoms with Crippen LogP contribution in [0.1, 0.15) is 18.4 Å². The number of benzene rings is 1. The number of ether oxygens (including phenoxy) is 2. The van der Waals surface area contributed by atoms with Gasteiger partial charge in [0.2, 0.25) is 10.0 Å². The zero-order valence-corrected chi connectivity index (χ0v) is 13.2. The summed E-state index contributed by atoms with van der Waals surface area (Å²) in [6.07, 6.45) is 1.81. The van der Waals surface area contributed by atoms with Gasteiger partial charge in [0.1, 0.15) is 0 Å². The van der Waals surface area contributed by atoms with Gasteiger partial charge in [-0.2, -0.15) is 4.31 Å². The predicted octanol–water partition coefficient (Wildman–Crippen LogP) is 1.56. The van der Waals surface area contributed by atoms with Crippen LogP contribution in [0.4, 0.5) is 0 Å². The van der Waals surface area contributed by atoms with Gasteiger partial charge in [0.05, 0.1) is 16.6 Å². The lowest BCUT2D eigenvalue weighted by atomic mass is 9.86. The minimum absolute atomic E-state index is 0.169. The number of sulfonamides is 1. The highest BCUT2D eigenvalue weighted by Crippen LogP contribution is 2.38. The van der Waals surface area contributed by atoms with Crippen molar-refractivity contribution in [3.63, 3.8) is 0 Å². The molecule has 21 heavy (non-hydrogen) atoms. The Morgan fingerprint density at radius 1 is 1.33 bits per heavy atom. The van der Waals surface area contributed by atoms with E-state index in [1.807, 2.05) is 19.1 Å². The summed E-state index contributed by atoms with van der Waals surface area (Å²) in [5, 5.41) is 0. The van der Waals surface area contributed by atoms with Crippen LogP contribution in [0.25, 0.3) is 0 Å². The van der Waals surface area contributed by atoms with Crippen LogP contribution in [0, 0.1) is 6.92 Å². The van der Waals surface area contributed by atoms with E-state index in [1.165, 1.54) is 4.31 Å². The summed E-state index contributed by atoms with van der Waals surface area (Å²) < 4.78 is 38.0. The lowest BCUT2D eigenvalue weighted by molar-refractivity contribution is -0.173. The summed E-state index contributed by atoms with van der Waals surface area (Å²) in [6, 6.07) is 7.09. The van der Waals surface area contributed by atoms with E-state index in [9.17, 15) is 8.42 Å². The summed E-state index contributed by atoms with van der Waals surface area (Å²) in [6.45, 7) is 3.30. The molecule has 2 saturated heterocycles. The van der Waals surface area contributed by atoms with Crippen molar-refractivity contribution >= 4 is 10.0 Å². The van der Waals surface area contributed by atoms with Crippen molar-refractivity contribution in [3.8, 4) is 0 Å². The molecule has 2 fully saturated rings. The smallest absolute Gasteiger partial charge is 0.243 e. The van der Waals surface area contributed by atoms with E-state index in [0.717, 1.165) is 18.4 Å². The topological polar surface area (TPSA) is 55.8 Å². The molecule has 2 aliphatic rings. The van der Waals surface area contributed by atoms with Crippen molar-refractivity contribution in [1.29, 1.82) is 0 Å². The third-order valence-corrected chi connectivity index (χ3v) is 6.37. The average Bonchev–Trinajstić information content (AvgIpc) is 2.45. The molecule has 5 nitrogen and oxygen atoms in total. The van der Waals surface area contributed by atoms with Crippen molar-refractivity contribution < 1.29 is 17.9 Å². The van der Waals surface area contributed by atoms with Gasteiger partial charge in [0.15, 0.2) is 0 Å². The van der Waals surface area contributed by atoms with E-state index in [4.69, 9.17) is 9.47 Å². The maximum absolute atomic E-state index is 12.7. The second kappa shape index (κ2) is 5.35. The minimum Gasteiger partial charge on any atom is -0.381 e. The van der Waals surface area contributed by atoms with Crippen LogP contribution in [0.5, 0.6) is 0 Å². The van der Waals surface area contributed by atoms with E-state index in [2.05, 4.69) is 0 Å². The number of methoxy groups -OCH3 is 1. The fraction of sp³-hybridized carbons (Fsp3) is 0.600. The number of rotatable bonds is 3. The molecular formula is C15H21NO4S. The van der Waals surface area contributed by atoms with E-state index < -0.39 is 10.0 Å². The van der Waals surface area contributed by atoms with Crippen LogP contribution < -0.4 is 0 Å². The highest BCUT2D eigenvalue weighted by molar-refractivity contribution is 7.89. The SMILES string of the molecule is COC1CCOC2(C1)CN(S(=O)(=O)c1ccccc1C)C2. The van der Waals surface area contributed by atoms with E-state index in [1.54, 1.807) is 19.2 Å². The third-order valence-electron chi connectivity index (χ3n) is 4.42. The van der Waals surface area contributed by atoms with Gasteiger partial charge >= 0.3 is 0 Å². The number of hydrogen-bond donors (Lipinski definition) is 0. The zero-order chi connectivity index (χ0) is 15.1. The molecule has 1 aromatic carbocycles. The molecule has 0 radical (unpaired) electrons. The molecular weight excluding hydrogens is 290 g/mol. The van der Waals surface area contributed by atoms with E-state index in [-0.39, 0.29) is 11.7 Å². The molecule has 0 saturated carbocycles. The molecule has 0 bridgehead atoms. The molecule has 116 valence electrons. The van der Waals surface area contributed by atoms with Gasteiger partial charge in [0.25, 0.3) is 0 Å². The van der Waals surface area contributed by atoms with Crippen LogP contribution in [0.2, 0.25) is 0 Å². The largest absolute Gasteiger partial charge is 0.381 e. The van der Waals surface area contributed by atoms with Crippen molar-refractivity contribution in [1.82, 2.24) is 4.31 Å². The van der Waals surface area contributed by atoms with Crippen LogP contribution in [0.15, 0.2) is 29.2 Å². The second-order valence-electron chi connectivity index (χ2n) is 5.92. The van der Waals surface area contributed by atoms with Gasteiger partial charge in [0, 0.05) is 33.2 Å². The van der Waals surface area contributed by atoms with Gasteiger partial charge in [-0.15, -0.1) is 0 Å². The zero-order valence-electron chi connectivity index (χ0n) is 12.4. The summed E-state index contributed by atoms with van der Waals surface area (Å²) in [5.41, 5.74) is 0.423. The van der Waals surface area contributed by atoms with E-state index >= 15 is 0 Å². The normalized spacial score (nSPS) is 25.7. The van der Waals surface area contributed by atoms with Crippen LogP contribution in [0.3, 0.4) is 0 Å². The first-order valence-electron chi connectivity index (χ1n) is 7.19. The van der Waals surface area contributed by atoms with E-state index in [0.29, 0.717) is 24.6 Å². The Morgan fingerprint density at radius 3 is 2.71 bits per heavy atom. The molecule has 0 aliphatic carbocycles. The average molecular weight is 311 g/mol. The first-order chi connectivity index (χ1) is 9.97. The van der Waals surface area contributed by atoms with Gasteiger partial charge in [-0.1, -0.05) is 18.2 Å². The number of hydrogen-bond acceptors (Lipinski definition) is 4. The molecule has 0 aromatic heterocycles. The lowest BCUT2D eigenvalue weighted by Crippen LogP contribution is -2.67. The quantitative estimate of drug-likeness (QED) is 0.850. The minimum atomic E-state index is -3.42. The maximum Gasteiger partial charge on any atom is 0.243 e. The molecule has 3 rings (SSSR count). The molecule has 0 N–H and O–H groups in total. The summed E-state index contributed by atoms with van der Waals surface area (Å²) >= 11 is 0. The molecule has 0 amide bonds. The number of aryl methyl sites for hydroxylation is 1. The highest BCUT2D eigenvalue weighted by atomic mass is 32.2. The maximum atomic E-state index is 12.7. The Bertz CT molecular complexity index is 622. The molecule has 1 aromatic rings. The fourth-order valence-corrected chi connectivity index (χ4v) is 4.97. The Morgan fingerprint density at radius 2 is 2.05 bits per heavy atom. The van der Waals surface area contributed by atoms with Crippen molar-refractivity contribution in [2.75, 3.05) is 26.8 Å². The summed E-state index contributed by atoms with van der Waals surface area (Å²) in [4.78, 5) is 0.388. The fourth-order valence-electron chi connectivity index (χ4n) is 3.16. The molecule has 6 heteroatoms. The van der Waals surface area contributed by atoms with Gasteiger partial charge in [-0.3, -0.25) is 0 Å². The van der Waals surface area contributed by atoms with Gasteiger partial charge < -0.3 is 9.47 Å². The first-order valence-corrected chi connectivity index (χ1v) is 8.63. The van der Waals surface area contributed by atoms with Crippen LogP contribution in [-0.4, -0.2) is 51.2 Å². The van der Waals surface area contributed by atoms with Gasteiger partial charge in [-0.05, 0) is 25.0 Å². The molecule has 1 atom stereocenters. The molecule has 1 unspecified atom stereocenters. The molecule has 1 spiro atoms.